The van der Waals surface area contributed by atoms with E-state index in [0.29, 0.717) is 11.8 Å². The fourth-order valence-electron chi connectivity index (χ4n) is 2.54. The Morgan fingerprint density at radius 3 is 1.75 bits per heavy atom. The number of rotatable bonds is 13. The summed E-state index contributed by atoms with van der Waals surface area (Å²) in [7, 11) is 0. The summed E-state index contributed by atoms with van der Waals surface area (Å²) in [6, 6.07) is 0. The number of hydrogen-bond donors (Lipinski definition) is 3. The van der Waals surface area contributed by atoms with Crippen molar-refractivity contribution in [3.05, 3.63) is 0 Å². The van der Waals surface area contributed by atoms with Gasteiger partial charge in [0.25, 0.3) is 0 Å². The van der Waals surface area contributed by atoms with E-state index in [9.17, 15) is 20.1 Å². The van der Waals surface area contributed by atoms with Crippen LogP contribution in [0.5, 0.6) is 0 Å². The molecule has 0 saturated carbocycles. The van der Waals surface area contributed by atoms with Crippen LogP contribution < -0.4 is 0 Å². The molecule has 3 N–H and O–H groups in total. The molecular formula is C18H36O6. The molecule has 0 radical (unpaired) electrons. The Morgan fingerprint density at radius 2 is 1.29 bits per heavy atom. The first-order valence-corrected chi connectivity index (χ1v) is 8.84. The third-order valence-electron chi connectivity index (χ3n) is 3.72. The van der Waals surface area contributed by atoms with E-state index in [4.69, 9.17) is 9.47 Å². The highest BCUT2D eigenvalue weighted by atomic mass is 16.5. The van der Waals surface area contributed by atoms with Gasteiger partial charge in [-0.15, -0.1) is 0 Å². The highest BCUT2D eigenvalue weighted by Crippen LogP contribution is 2.11. The average Bonchev–Trinajstić information content (AvgIpc) is 2.47. The molecule has 6 heteroatoms. The molecule has 0 aromatic rings. The zero-order chi connectivity index (χ0) is 18.9. The van der Waals surface area contributed by atoms with Crippen LogP contribution >= 0.6 is 0 Å². The fourth-order valence-corrected chi connectivity index (χ4v) is 2.54. The van der Waals surface area contributed by atoms with Gasteiger partial charge in [0.1, 0.15) is 24.9 Å². The lowest BCUT2D eigenvalue weighted by molar-refractivity contribution is -0.148. The van der Waals surface area contributed by atoms with E-state index in [-0.39, 0.29) is 25.4 Å². The third-order valence-corrected chi connectivity index (χ3v) is 3.72. The zero-order valence-electron chi connectivity index (χ0n) is 15.9. The van der Waals surface area contributed by atoms with Crippen molar-refractivity contribution in [2.45, 2.75) is 84.9 Å². The van der Waals surface area contributed by atoms with Gasteiger partial charge in [0.15, 0.2) is 5.78 Å². The number of hydrogen-bond acceptors (Lipinski definition) is 6. The van der Waals surface area contributed by atoms with Gasteiger partial charge in [0, 0.05) is 0 Å². The lowest BCUT2D eigenvalue weighted by atomic mass is 10.0. The van der Waals surface area contributed by atoms with Gasteiger partial charge in [0.05, 0.1) is 18.8 Å². The second-order valence-electron chi connectivity index (χ2n) is 7.49. The van der Waals surface area contributed by atoms with Crippen LogP contribution in [0.2, 0.25) is 0 Å². The molecule has 0 aromatic heterocycles. The Bertz CT molecular complexity index is 344. The van der Waals surface area contributed by atoms with Crippen LogP contribution in [0.25, 0.3) is 0 Å². The van der Waals surface area contributed by atoms with Gasteiger partial charge in [-0.1, -0.05) is 27.7 Å². The van der Waals surface area contributed by atoms with Crippen molar-refractivity contribution < 1.29 is 29.6 Å². The number of aliphatic hydroxyl groups excluding tert-OH is 3. The van der Waals surface area contributed by atoms with Crippen molar-refractivity contribution in [3.63, 3.8) is 0 Å². The number of ether oxygens (including phenoxy) is 2. The minimum Gasteiger partial charge on any atom is -0.388 e. The van der Waals surface area contributed by atoms with E-state index in [2.05, 4.69) is 27.7 Å². The third kappa shape index (κ3) is 10.4. The van der Waals surface area contributed by atoms with Crippen LogP contribution in [0.15, 0.2) is 0 Å². The van der Waals surface area contributed by atoms with Gasteiger partial charge in [0.2, 0.25) is 0 Å². The molecule has 0 fully saturated rings. The number of carbonyl (C=O) groups excluding carboxylic acids is 1. The molecule has 0 aliphatic heterocycles. The molecule has 0 heterocycles. The van der Waals surface area contributed by atoms with Crippen molar-refractivity contribution >= 4 is 5.78 Å². The minimum absolute atomic E-state index is 0.0695. The van der Waals surface area contributed by atoms with Crippen molar-refractivity contribution in [2.75, 3.05) is 13.2 Å². The van der Waals surface area contributed by atoms with Crippen molar-refractivity contribution in [1.82, 2.24) is 0 Å². The predicted octanol–water partition coefficient (Wildman–Crippen LogP) is 1.54. The molecule has 0 amide bonds. The molecule has 2 unspecified atom stereocenters. The first kappa shape index (κ1) is 23.5. The molecule has 0 spiro atoms. The summed E-state index contributed by atoms with van der Waals surface area (Å²) in [6.07, 6.45) is -3.15. The van der Waals surface area contributed by atoms with Gasteiger partial charge in [-0.3, -0.25) is 4.79 Å². The standard InChI is InChI=1S/C18H36O6/c1-11(2)7-13(5)23-9-15(19)17(21)18(22)16(20)10-24-14(6)8-12(3)4/h11-15,17-19,21-22H,7-10H2,1-6H3/t13?,14?,15-,17+,18+/m1/s1. The summed E-state index contributed by atoms with van der Waals surface area (Å²) in [4.78, 5) is 11.9. The van der Waals surface area contributed by atoms with Crippen LogP contribution in [0.1, 0.15) is 54.4 Å². The molecule has 0 aliphatic rings. The Morgan fingerprint density at radius 1 is 0.833 bits per heavy atom. The highest BCUT2D eigenvalue weighted by Gasteiger charge is 2.31. The van der Waals surface area contributed by atoms with E-state index in [1.54, 1.807) is 0 Å². The molecule has 0 saturated heterocycles. The summed E-state index contributed by atoms with van der Waals surface area (Å²) in [6.45, 7) is 11.5. The normalized spacial score (nSPS) is 18.5. The fraction of sp³-hybridized carbons (Fsp3) is 0.944. The SMILES string of the molecule is CC(C)CC(C)OCC(=O)[C@H](O)[C@@H](O)[C@H](O)COC(C)CC(C)C. The van der Waals surface area contributed by atoms with Crippen LogP contribution in [0.3, 0.4) is 0 Å². The quantitative estimate of drug-likeness (QED) is 0.467. The highest BCUT2D eigenvalue weighted by molar-refractivity contribution is 5.84. The van der Waals surface area contributed by atoms with Crippen LogP contribution in [-0.2, 0) is 14.3 Å². The summed E-state index contributed by atoms with van der Waals surface area (Å²) in [5.41, 5.74) is 0. The molecule has 24 heavy (non-hydrogen) atoms. The lowest BCUT2D eigenvalue weighted by Gasteiger charge is -2.24. The average molecular weight is 348 g/mol. The number of Topliss-reactive ketones (excluding diaryl/α,β-unsaturated/α-hetero) is 1. The molecule has 6 nitrogen and oxygen atoms in total. The number of ketones is 1. The van der Waals surface area contributed by atoms with Crippen molar-refractivity contribution in [2.24, 2.45) is 11.8 Å². The summed E-state index contributed by atoms with van der Waals surface area (Å²) in [5.74, 6) is 0.254. The van der Waals surface area contributed by atoms with Gasteiger partial charge in [-0.2, -0.15) is 0 Å². The maximum absolute atomic E-state index is 11.9. The van der Waals surface area contributed by atoms with Crippen LogP contribution in [-0.4, -0.2) is 64.8 Å². The molecule has 0 aromatic carbocycles. The Hall–Kier alpha value is -0.530. The van der Waals surface area contributed by atoms with Gasteiger partial charge < -0.3 is 24.8 Å². The lowest BCUT2D eigenvalue weighted by Crippen LogP contribution is -2.46. The maximum Gasteiger partial charge on any atom is 0.189 e. The summed E-state index contributed by atoms with van der Waals surface area (Å²) >= 11 is 0. The van der Waals surface area contributed by atoms with E-state index in [1.165, 1.54) is 0 Å². The molecule has 144 valence electrons. The van der Waals surface area contributed by atoms with E-state index in [0.717, 1.165) is 12.8 Å². The monoisotopic (exact) mass is 348 g/mol. The Kier molecular flexibility index (Phi) is 11.7. The van der Waals surface area contributed by atoms with E-state index >= 15 is 0 Å². The molecule has 0 bridgehead atoms. The minimum atomic E-state index is -1.68. The largest absolute Gasteiger partial charge is 0.388 e. The maximum atomic E-state index is 11.9. The first-order valence-electron chi connectivity index (χ1n) is 8.84. The zero-order valence-corrected chi connectivity index (χ0v) is 15.9. The topological polar surface area (TPSA) is 96.2 Å². The summed E-state index contributed by atoms with van der Waals surface area (Å²) < 4.78 is 10.8. The molecular weight excluding hydrogens is 312 g/mol. The van der Waals surface area contributed by atoms with Crippen LogP contribution in [0, 0.1) is 11.8 Å². The van der Waals surface area contributed by atoms with Crippen LogP contribution in [0.4, 0.5) is 0 Å². The number of aliphatic hydroxyl groups is 3. The second kappa shape index (κ2) is 11.9. The van der Waals surface area contributed by atoms with Crippen molar-refractivity contribution in [3.8, 4) is 0 Å². The molecule has 0 aliphatic carbocycles. The second-order valence-corrected chi connectivity index (χ2v) is 7.49. The summed E-state index contributed by atoms with van der Waals surface area (Å²) in [5, 5.41) is 29.7. The predicted molar refractivity (Wildman–Crippen MR) is 92.8 cm³/mol. The van der Waals surface area contributed by atoms with Gasteiger partial charge in [-0.05, 0) is 38.5 Å². The van der Waals surface area contributed by atoms with E-state index in [1.807, 2.05) is 13.8 Å². The first-order chi connectivity index (χ1) is 11.0. The smallest absolute Gasteiger partial charge is 0.189 e. The Labute approximate surface area is 146 Å². The van der Waals surface area contributed by atoms with Crippen molar-refractivity contribution in [1.29, 1.82) is 0 Å². The molecule has 5 atom stereocenters. The Balaban J connectivity index is 4.22. The number of carbonyl (C=O) groups is 1. The molecule has 0 rings (SSSR count). The van der Waals surface area contributed by atoms with Gasteiger partial charge in [-0.25, -0.2) is 0 Å². The van der Waals surface area contributed by atoms with Gasteiger partial charge >= 0.3 is 0 Å². The van der Waals surface area contributed by atoms with E-state index < -0.39 is 24.1 Å².